The second-order valence-electron chi connectivity index (χ2n) is 8.44. The number of carbonyl (C=O) groups is 2. The van der Waals surface area contributed by atoms with E-state index in [1.54, 1.807) is 12.1 Å². The lowest BCUT2D eigenvalue weighted by molar-refractivity contribution is -0.141. The van der Waals surface area contributed by atoms with Gasteiger partial charge in [0.2, 0.25) is 0 Å². The molecule has 4 aliphatic carbocycles. The molecule has 4 saturated carbocycles. The van der Waals surface area contributed by atoms with Gasteiger partial charge >= 0.3 is 5.97 Å². The van der Waals surface area contributed by atoms with Crippen molar-refractivity contribution in [1.82, 2.24) is 4.90 Å². The minimum atomic E-state index is -0.265. The molecular formula is C21H26ClNO3. The number of amides is 1. The summed E-state index contributed by atoms with van der Waals surface area (Å²) < 4.78 is 4.83. The Morgan fingerprint density at radius 1 is 1.15 bits per heavy atom. The molecule has 5 heteroatoms. The van der Waals surface area contributed by atoms with Gasteiger partial charge in [-0.3, -0.25) is 9.59 Å². The van der Waals surface area contributed by atoms with Crippen LogP contribution >= 0.6 is 11.6 Å². The first-order valence-electron chi connectivity index (χ1n) is 9.63. The van der Waals surface area contributed by atoms with Gasteiger partial charge in [0.05, 0.1) is 13.5 Å². The number of rotatable bonds is 5. The second kappa shape index (κ2) is 6.88. The molecule has 0 spiro atoms. The van der Waals surface area contributed by atoms with E-state index in [1.165, 1.54) is 26.4 Å². The summed E-state index contributed by atoms with van der Waals surface area (Å²) in [6.45, 7) is 0.421. The van der Waals surface area contributed by atoms with Crippen molar-refractivity contribution in [2.75, 3.05) is 13.7 Å². The number of esters is 1. The van der Waals surface area contributed by atoms with Crippen molar-refractivity contribution in [3.8, 4) is 0 Å². The molecule has 0 heterocycles. The maximum absolute atomic E-state index is 13.4. The minimum absolute atomic E-state index is 0.00152. The third-order valence-corrected chi connectivity index (χ3v) is 6.90. The van der Waals surface area contributed by atoms with Gasteiger partial charge in [-0.2, -0.15) is 0 Å². The SMILES string of the molecule is COC(=O)CCN(C(=O)c1cccc(Cl)c1)C12CC3CC(CC(C3)C1)C2. The van der Waals surface area contributed by atoms with E-state index >= 15 is 0 Å². The zero-order chi connectivity index (χ0) is 18.3. The van der Waals surface area contributed by atoms with Gasteiger partial charge < -0.3 is 9.64 Å². The molecule has 4 bridgehead atoms. The van der Waals surface area contributed by atoms with E-state index in [4.69, 9.17) is 16.3 Å². The van der Waals surface area contributed by atoms with E-state index in [0.29, 0.717) is 17.1 Å². The van der Waals surface area contributed by atoms with E-state index in [0.717, 1.165) is 37.0 Å². The molecule has 1 amide bonds. The summed E-state index contributed by atoms with van der Waals surface area (Å²) in [6.07, 6.45) is 7.41. The van der Waals surface area contributed by atoms with Crippen molar-refractivity contribution in [3.05, 3.63) is 34.9 Å². The van der Waals surface area contributed by atoms with Gasteiger partial charge in [0.25, 0.3) is 5.91 Å². The number of halogens is 1. The Morgan fingerprint density at radius 2 is 1.77 bits per heavy atom. The van der Waals surface area contributed by atoms with Gasteiger partial charge in [0, 0.05) is 22.7 Å². The molecule has 1 aromatic carbocycles. The topological polar surface area (TPSA) is 46.6 Å². The van der Waals surface area contributed by atoms with Gasteiger partial charge in [0.1, 0.15) is 0 Å². The summed E-state index contributed by atoms with van der Waals surface area (Å²) in [5.41, 5.74) is 0.514. The number of benzene rings is 1. The number of carbonyl (C=O) groups excluding carboxylic acids is 2. The fraction of sp³-hybridized carbons (Fsp3) is 0.619. The maximum Gasteiger partial charge on any atom is 0.307 e. The summed E-state index contributed by atoms with van der Waals surface area (Å²) in [6, 6.07) is 7.14. The van der Waals surface area contributed by atoms with Crippen LogP contribution in [0.25, 0.3) is 0 Å². The van der Waals surface area contributed by atoms with Gasteiger partial charge in [0.15, 0.2) is 0 Å². The summed E-state index contributed by atoms with van der Waals surface area (Å²) in [4.78, 5) is 27.2. The van der Waals surface area contributed by atoms with Crippen LogP contribution in [0.2, 0.25) is 5.02 Å². The molecular weight excluding hydrogens is 350 g/mol. The van der Waals surface area contributed by atoms with E-state index in [9.17, 15) is 9.59 Å². The Hall–Kier alpha value is -1.55. The lowest BCUT2D eigenvalue weighted by Gasteiger charge is -2.60. The van der Waals surface area contributed by atoms with Crippen LogP contribution in [0.4, 0.5) is 0 Å². The molecule has 0 unspecified atom stereocenters. The Balaban J connectivity index is 1.64. The van der Waals surface area contributed by atoms with Crippen LogP contribution in [0, 0.1) is 17.8 Å². The lowest BCUT2D eigenvalue weighted by atomic mass is 9.52. The summed E-state index contributed by atoms with van der Waals surface area (Å²) >= 11 is 6.12. The summed E-state index contributed by atoms with van der Waals surface area (Å²) in [5, 5.41) is 0.564. The molecule has 0 aliphatic heterocycles. The first-order valence-corrected chi connectivity index (χ1v) is 10.0. The zero-order valence-electron chi connectivity index (χ0n) is 15.2. The monoisotopic (exact) mass is 375 g/mol. The Kier molecular flexibility index (Phi) is 4.72. The predicted molar refractivity (Wildman–Crippen MR) is 100 cm³/mol. The van der Waals surface area contributed by atoms with Crippen molar-refractivity contribution < 1.29 is 14.3 Å². The molecule has 4 aliphatic rings. The van der Waals surface area contributed by atoms with Crippen LogP contribution < -0.4 is 0 Å². The fourth-order valence-electron chi connectivity index (χ4n) is 6.03. The Bertz CT molecular complexity index is 682. The third kappa shape index (κ3) is 3.24. The molecule has 0 aromatic heterocycles. The van der Waals surface area contributed by atoms with Crippen molar-refractivity contribution in [2.24, 2.45) is 17.8 Å². The molecule has 0 saturated heterocycles. The molecule has 1 aromatic rings. The van der Waals surface area contributed by atoms with E-state index < -0.39 is 0 Å². The number of ether oxygens (including phenoxy) is 1. The lowest BCUT2D eigenvalue weighted by Crippen LogP contribution is -2.61. The van der Waals surface area contributed by atoms with Gasteiger partial charge in [-0.15, -0.1) is 0 Å². The first-order chi connectivity index (χ1) is 12.5. The van der Waals surface area contributed by atoms with Crippen LogP contribution in [0.3, 0.4) is 0 Å². The number of methoxy groups -OCH3 is 1. The van der Waals surface area contributed by atoms with Crippen LogP contribution in [-0.4, -0.2) is 36.0 Å². The quantitative estimate of drug-likeness (QED) is 0.720. The molecule has 0 radical (unpaired) electrons. The fourth-order valence-corrected chi connectivity index (χ4v) is 6.22. The molecule has 5 rings (SSSR count). The number of nitrogens with zero attached hydrogens (tertiary/aromatic N) is 1. The predicted octanol–water partition coefficient (Wildman–Crippen LogP) is 4.31. The van der Waals surface area contributed by atoms with E-state index in [1.807, 2.05) is 17.0 Å². The Morgan fingerprint density at radius 3 is 2.31 bits per heavy atom. The second-order valence-corrected chi connectivity index (χ2v) is 8.87. The first kappa shape index (κ1) is 17.8. The smallest absolute Gasteiger partial charge is 0.307 e. The molecule has 4 fully saturated rings. The van der Waals surface area contributed by atoms with Gasteiger partial charge in [-0.25, -0.2) is 0 Å². The number of hydrogen-bond acceptors (Lipinski definition) is 3. The number of hydrogen-bond donors (Lipinski definition) is 0. The largest absolute Gasteiger partial charge is 0.469 e. The van der Waals surface area contributed by atoms with Crippen molar-refractivity contribution in [3.63, 3.8) is 0 Å². The van der Waals surface area contributed by atoms with Crippen LogP contribution in [0.1, 0.15) is 55.3 Å². The molecule has 4 nitrogen and oxygen atoms in total. The van der Waals surface area contributed by atoms with Crippen LogP contribution in [0.15, 0.2) is 24.3 Å². The van der Waals surface area contributed by atoms with Crippen molar-refractivity contribution in [1.29, 1.82) is 0 Å². The van der Waals surface area contributed by atoms with Crippen molar-refractivity contribution in [2.45, 2.75) is 50.5 Å². The highest BCUT2D eigenvalue weighted by Crippen LogP contribution is 2.58. The van der Waals surface area contributed by atoms with Gasteiger partial charge in [-0.1, -0.05) is 17.7 Å². The standard InChI is InChI=1S/C21H26ClNO3/c1-26-19(24)5-6-23(20(25)17-3-2-4-18(22)10-17)21-11-14-7-15(12-21)9-16(8-14)13-21/h2-4,10,14-16H,5-9,11-13H2,1H3. The molecule has 0 atom stereocenters. The maximum atomic E-state index is 13.4. The van der Waals surface area contributed by atoms with E-state index in [2.05, 4.69) is 0 Å². The summed E-state index contributed by atoms with van der Waals surface area (Å²) in [5.74, 6) is 1.93. The third-order valence-electron chi connectivity index (χ3n) is 6.66. The molecule has 26 heavy (non-hydrogen) atoms. The molecule has 140 valence electrons. The van der Waals surface area contributed by atoms with Gasteiger partial charge in [-0.05, 0) is 74.5 Å². The highest BCUT2D eigenvalue weighted by molar-refractivity contribution is 6.30. The normalized spacial score (nSPS) is 31.7. The Labute approximate surface area is 159 Å². The van der Waals surface area contributed by atoms with Crippen LogP contribution in [0.5, 0.6) is 0 Å². The average molecular weight is 376 g/mol. The average Bonchev–Trinajstić information content (AvgIpc) is 2.60. The zero-order valence-corrected chi connectivity index (χ0v) is 16.0. The highest BCUT2D eigenvalue weighted by atomic mass is 35.5. The van der Waals surface area contributed by atoms with Crippen molar-refractivity contribution >= 4 is 23.5 Å². The molecule has 0 N–H and O–H groups in total. The van der Waals surface area contributed by atoms with E-state index in [-0.39, 0.29) is 23.8 Å². The highest BCUT2D eigenvalue weighted by Gasteiger charge is 2.54. The van der Waals surface area contributed by atoms with Crippen LogP contribution in [-0.2, 0) is 9.53 Å². The summed E-state index contributed by atoms with van der Waals surface area (Å²) in [7, 11) is 1.40. The minimum Gasteiger partial charge on any atom is -0.469 e.